The Labute approximate surface area is 178 Å². The third-order valence-electron chi connectivity index (χ3n) is 5.78. The van der Waals surface area contributed by atoms with Crippen LogP contribution in [0.25, 0.3) is 0 Å². The van der Waals surface area contributed by atoms with E-state index in [9.17, 15) is 0 Å². The SMILES string of the molecule is CCN1CCCC1CN(C)C(=NC)NCC1CCCOC1C(C)(C)C.I. The fourth-order valence-electron chi connectivity index (χ4n) is 4.54. The van der Waals surface area contributed by atoms with Gasteiger partial charge in [0.05, 0.1) is 6.10 Å². The first-order valence-corrected chi connectivity index (χ1v) is 10.1. The molecule has 0 amide bonds. The number of aliphatic imine (C=N–C) groups is 1. The average molecular weight is 480 g/mol. The van der Waals surface area contributed by atoms with Gasteiger partial charge in [-0.25, -0.2) is 0 Å². The molecule has 5 nitrogen and oxygen atoms in total. The average Bonchev–Trinajstić information content (AvgIpc) is 3.02. The summed E-state index contributed by atoms with van der Waals surface area (Å²) in [6.07, 6.45) is 5.36. The Morgan fingerprint density at radius 3 is 2.62 bits per heavy atom. The Kier molecular flexibility index (Phi) is 10.2. The lowest BCUT2D eigenvalue weighted by molar-refractivity contribution is -0.0836. The van der Waals surface area contributed by atoms with Gasteiger partial charge in [-0.3, -0.25) is 9.89 Å². The molecule has 3 atom stereocenters. The third kappa shape index (κ3) is 6.51. The van der Waals surface area contributed by atoms with Gasteiger partial charge in [0.25, 0.3) is 0 Å². The van der Waals surface area contributed by atoms with E-state index in [2.05, 4.69) is 54.9 Å². The highest BCUT2D eigenvalue weighted by Crippen LogP contribution is 2.33. The number of halogens is 1. The lowest BCUT2D eigenvalue weighted by Gasteiger charge is -2.40. The van der Waals surface area contributed by atoms with E-state index in [0.717, 1.165) is 32.2 Å². The minimum Gasteiger partial charge on any atom is -0.377 e. The van der Waals surface area contributed by atoms with Gasteiger partial charge in [-0.2, -0.15) is 0 Å². The van der Waals surface area contributed by atoms with Gasteiger partial charge in [-0.05, 0) is 44.2 Å². The molecule has 2 saturated heterocycles. The Bertz CT molecular complexity index is 438. The zero-order valence-corrected chi connectivity index (χ0v) is 20.1. The predicted molar refractivity (Wildman–Crippen MR) is 122 cm³/mol. The largest absolute Gasteiger partial charge is 0.377 e. The highest BCUT2D eigenvalue weighted by molar-refractivity contribution is 14.0. The van der Waals surface area contributed by atoms with Crippen LogP contribution in [0.15, 0.2) is 4.99 Å². The molecule has 0 aromatic carbocycles. The van der Waals surface area contributed by atoms with Crippen LogP contribution in [-0.4, -0.2) is 74.8 Å². The predicted octanol–water partition coefficient (Wildman–Crippen LogP) is 3.44. The van der Waals surface area contributed by atoms with Gasteiger partial charge < -0.3 is 15.0 Å². The third-order valence-corrected chi connectivity index (χ3v) is 5.78. The van der Waals surface area contributed by atoms with E-state index in [1.807, 2.05) is 7.05 Å². The summed E-state index contributed by atoms with van der Waals surface area (Å²) < 4.78 is 6.12. The second-order valence-electron chi connectivity index (χ2n) is 8.79. The van der Waals surface area contributed by atoms with Crippen molar-refractivity contribution < 1.29 is 4.74 Å². The van der Waals surface area contributed by atoms with Crippen LogP contribution in [0.4, 0.5) is 0 Å². The van der Waals surface area contributed by atoms with Crippen LogP contribution in [0.2, 0.25) is 0 Å². The Morgan fingerprint density at radius 2 is 2.00 bits per heavy atom. The number of nitrogens with one attached hydrogen (secondary N) is 1. The summed E-state index contributed by atoms with van der Waals surface area (Å²) in [6.45, 7) is 14.4. The summed E-state index contributed by atoms with van der Waals surface area (Å²) in [5.41, 5.74) is 0.188. The zero-order chi connectivity index (χ0) is 18.4. The van der Waals surface area contributed by atoms with E-state index in [-0.39, 0.29) is 29.4 Å². The van der Waals surface area contributed by atoms with E-state index >= 15 is 0 Å². The molecule has 0 saturated carbocycles. The molecule has 3 unspecified atom stereocenters. The summed E-state index contributed by atoms with van der Waals surface area (Å²) in [7, 11) is 4.06. The zero-order valence-electron chi connectivity index (χ0n) is 17.8. The first kappa shape index (κ1) is 24.0. The topological polar surface area (TPSA) is 40.1 Å². The summed E-state index contributed by atoms with van der Waals surface area (Å²) in [5, 5.41) is 3.63. The maximum absolute atomic E-state index is 6.12. The number of guanidine groups is 1. The van der Waals surface area contributed by atoms with Crippen LogP contribution in [-0.2, 0) is 4.74 Å². The van der Waals surface area contributed by atoms with E-state index in [4.69, 9.17) is 4.74 Å². The lowest BCUT2D eigenvalue weighted by atomic mass is 9.78. The number of ether oxygens (including phenoxy) is 1. The maximum atomic E-state index is 6.12. The van der Waals surface area contributed by atoms with Crippen molar-refractivity contribution in [2.45, 2.75) is 65.5 Å². The van der Waals surface area contributed by atoms with Crippen molar-refractivity contribution in [1.29, 1.82) is 0 Å². The molecule has 0 radical (unpaired) electrons. The number of likely N-dealkylation sites (tertiary alicyclic amines) is 1. The fourth-order valence-corrected chi connectivity index (χ4v) is 4.54. The lowest BCUT2D eigenvalue weighted by Crippen LogP contribution is -2.49. The fraction of sp³-hybridized carbons (Fsp3) is 0.950. The standard InChI is InChI=1S/C20H40N4O.HI/c1-7-24-12-8-11-17(24)15-23(6)19(21-5)22-14-16-10-9-13-25-18(16)20(2,3)4;/h16-18H,7-15H2,1-6H3,(H,21,22);1H. The van der Waals surface area contributed by atoms with Gasteiger partial charge in [0.2, 0.25) is 0 Å². The van der Waals surface area contributed by atoms with Gasteiger partial charge >= 0.3 is 0 Å². The van der Waals surface area contributed by atoms with E-state index in [1.165, 1.54) is 32.2 Å². The second kappa shape index (κ2) is 11.1. The van der Waals surface area contributed by atoms with Crippen LogP contribution in [0.1, 0.15) is 53.4 Å². The molecular formula is C20H41IN4O. The normalized spacial score (nSPS) is 27.9. The first-order chi connectivity index (χ1) is 11.9. The monoisotopic (exact) mass is 480 g/mol. The van der Waals surface area contributed by atoms with Crippen molar-refractivity contribution in [3.05, 3.63) is 0 Å². The molecule has 0 bridgehead atoms. The minimum atomic E-state index is 0. The smallest absolute Gasteiger partial charge is 0.193 e. The van der Waals surface area contributed by atoms with Crippen LogP contribution in [0, 0.1) is 11.3 Å². The molecule has 6 heteroatoms. The van der Waals surface area contributed by atoms with Crippen molar-refractivity contribution in [3.63, 3.8) is 0 Å². The molecule has 26 heavy (non-hydrogen) atoms. The van der Waals surface area contributed by atoms with E-state index in [0.29, 0.717) is 18.1 Å². The summed E-state index contributed by atoms with van der Waals surface area (Å²) in [6, 6.07) is 0.661. The maximum Gasteiger partial charge on any atom is 0.193 e. The molecule has 2 heterocycles. The van der Waals surface area contributed by atoms with Crippen LogP contribution < -0.4 is 5.32 Å². The molecule has 2 rings (SSSR count). The quantitative estimate of drug-likeness (QED) is 0.372. The van der Waals surface area contributed by atoms with Crippen LogP contribution in [0.3, 0.4) is 0 Å². The highest BCUT2D eigenvalue weighted by atomic mass is 127. The molecule has 2 aliphatic rings. The minimum absolute atomic E-state index is 0. The Morgan fingerprint density at radius 1 is 1.27 bits per heavy atom. The van der Waals surface area contributed by atoms with Crippen LogP contribution in [0.5, 0.6) is 0 Å². The van der Waals surface area contributed by atoms with Crippen molar-refractivity contribution in [2.24, 2.45) is 16.3 Å². The number of hydrogen-bond donors (Lipinski definition) is 1. The van der Waals surface area contributed by atoms with Crippen molar-refractivity contribution in [3.8, 4) is 0 Å². The summed E-state index contributed by atoms with van der Waals surface area (Å²) >= 11 is 0. The molecule has 0 aromatic heterocycles. The first-order valence-electron chi connectivity index (χ1n) is 10.1. The summed E-state index contributed by atoms with van der Waals surface area (Å²) in [4.78, 5) is 9.42. The van der Waals surface area contributed by atoms with Crippen molar-refractivity contribution in [2.75, 3.05) is 46.9 Å². The molecule has 1 N–H and O–H groups in total. The van der Waals surface area contributed by atoms with Crippen molar-refractivity contribution in [1.82, 2.24) is 15.1 Å². The molecule has 154 valence electrons. The van der Waals surface area contributed by atoms with Gasteiger partial charge in [0, 0.05) is 45.8 Å². The number of likely N-dealkylation sites (N-methyl/N-ethyl adjacent to an activating group) is 2. The Balaban J connectivity index is 0.00000338. The molecule has 2 aliphatic heterocycles. The number of rotatable bonds is 5. The van der Waals surface area contributed by atoms with E-state index < -0.39 is 0 Å². The van der Waals surface area contributed by atoms with Crippen LogP contribution >= 0.6 is 24.0 Å². The number of nitrogens with zero attached hydrogens (tertiary/aromatic N) is 3. The highest BCUT2D eigenvalue weighted by Gasteiger charge is 2.35. The van der Waals surface area contributed by atoms with Gasteiger partial charge in [-0.15, -0.1) is 24.0 Å². The van der Waals surface area contributed by atoms with Gasteiger partial charge in [0.1, 0.15) is 0 Å². The molecule has 0 aliphatic carbocycles. The van der Waals surface area contributed by atoms with Crippen molar-refractivity contribution >= 4 is 29.9 Å². The number of hydrogen-bond acceptors (Lipinski definition) is 3. The molecule has 0 spiro atoms. The Hall–Kier alpha value is -0.0800. The van der Waals surface area contributed by atoms with Gasteiger partial charge in [-0.1, -0.05) is 27.7 Å². The molecule has 2 fully saturated rings. The summed E-state index contributed by atoms with van der Waals surface area (Å²) in [5.74, 6) is 1.57. The second-order valence-corrected chi connectivity index (χ2v) is 8.79. The molecular weight excluding hydrogens is 439 g/mol. The molecule has 0 aromatic rings. The van der Waals surface area contributed by atoms with Gasteiger partial charge in [0.15, 0.2) is 5.96 Å². The van der Waals surface area contributed by atoms with E-state index in [1.54, 1.807) is 0 Å².